The third kappa shape index (κ3) is 3.92. The predicted octanol–water partition coefficient (Wildman–Crippen LogP) is 2.37. The molecule has 2 aromatic rings. The highest BCUT2D eigenvalue weighted by molar-refractivity contribution is 14.1. The van der Waals surface area contributed by atoms with Crippen molar-refractivity contribution in [3.8, 4) is 11.5 Å². The number of imide groups is 2. The summed E-state index contributed by atoms with van der Waals surface area (Å²) in [5.41, 5.74) is 0.179. The van der Waals surface area contributed by atoms with Crippen LogP contribution in [0, 0.1) is 3.57 Å². The molecule has 1 heterocycles. The van der Waals surface area contributed by atoms with Crippen molar-refractivity contribution in [2.45, 2.75) is 0 Å². The van der Waals surface area contributed by atoms with Crippen LogP contribution in [0.2, 0.25) is 0 Å². The molecular weight excluding hydrogens is 495 g/mol. The molecule has 0 bridgehead atoms. The average molecular weight is 508 g/mol. The van der Waals surface area contributed by atoms with Crippen molar-refractivity contribution in [2.24, 2.45) is 0 Å². The molecule has 0 radical (unpaired) electrons. The summed E-state index contributed by atoms with van der Waals surface area (Å²) in [4.78, 5) is 49.0. The second-order valence-electron chi connectivity index (χ2n) is 5.86. The molecule has 148 valence electrons. The number of rotatable bonds is 4. The summed E-state index contributed by atoms with van der Waals surface area (Å²) in [6.45, 7) is 0. The summed E-state index contributed by atoms with van der Waals surface area (Å²) >= 11 is 1.87. The lowest BCUT2D eigenvalue weighted by molar-refractivity contribution is -0.122. The number of nitrogens with zero attached hydrogens (tertiary/aromatic N) is 1. The first-order valence-corrected chi connectivity index (χ1v) is 9.12. The lowest BCUT2D eigenvalue weighted by Crippen LogP contribution is -2.54. The quantitative estimate of drug-likeness (QED) is 0.328. The topological polar surface area (TPSA) is 133 Å². The first-order valence-electron chi connectivity index (χ1n) is 8.04. The fourth-order valence-electron chi connectivity index (χ4n) is 2.64. The standard InChI is InChI=1S/C19H13IN2O7/c1-29-14-8-9(7-13(20)15(14)23)6-12-16(24)21-19(28)22(17(12)25)11-4-2-10(3-5-11)18(26)27/h2-8,23H,1H3,(H,26,27)(H,21,24,28)/b12-6+. The Hall–Kier alpha value is -3.41. The van der Waals surface area contributed by atoms with E-state index in [4.69, 9.17) is 9.84 Å². The molecule has 0 saturated carbocycles. The minimum absolute atomic E-state index is 0.0174. The summed E-state index contributed by atoms with van der Waals surface area (Å²) in [6.07, 6.45) is 1.27. The van der Waals surface area contributed by atoms with Crippen molar-refractivity contribution in [3.05, 3.63) is 56.7 Å². The molecule has 1 fully saturated rings. The molecule has 29 heavy (non-hydrogen) atoms. The van der Waals surface area contributed by atoms with Gasteiger partial charge in [-0.3, -0.25) is 14.9 Å². The molecule has 0 aliphatic carbocycles. The number of urea groups is 1. The monoisotopic (exact) mass is 508 g/mol. The van der Waals surface area contributed by atoms with E-state index >= 15 is 0 Å². The number of methoxy groups -OCH3 is 1. The van der Waals surface area contributed by atoms with Crippen LogP contribution < -0.4 is 15.0 Å². The number of carbonyl (C=O) groups is 4. The lowest BCUT2D eigenvalue weighted by Gasteiger charge is -2.26. The largest absolute Gasteiger partial charge is 0.504 e. The number of halogens is 1. The number of barbiturate groups is 1. The molecule has 1 aliphatic heterocycles. The molecule has 1 saturated heterocycles. The number of benzene rings is 2. The third-order valence-corrected chi connectivity index (χ3v) is 4.88. The van der Waals surface area contributed by atoms with Crippen molar-refractivity contribution >= 4 is 58.2 Å². The summed E-state index contributed by atoms with van der Waals surface area (Å²) in [5.74, 6) is -2.82. The Labute approximate surface area is 177 Å². The van der Waals surface area contributed by atoms with E-state index in [-0.39, 0.29) is 28.3 Å². The summed E-state index contributed by atoms with van der Waals surface area (Å²) in [6, 6.07) is 7.10. The number of hydrogen-bond donors (Lipinski definition) is 3. The van der Waals surface area contributed by atoms with Gasteiger partial charge in [-0.25, -0.2) is 14.5 Å². The Bertz CT molecular complexity index is 1080. The first-order chi connectivity index (χ1) is 13.7. The van der Waals surface area contributed by atoms with Gasteiger partial charge in [0.1, 0.15) is 5.57 Å². The Morgan fingerprint density at radius 2 is 1.83 bits per heavy atom. The number of carboxylic acid groups (broad SMARTS) is 1. The molecule has 0 spiro atoms. The fourth-order valence-corrected chi connectivity index (χ4v) is 3.27. The normalized spacial score (nSPS) is 15.4. The van der Waals surface area contributed by atoms with Gasteiger partial charge < -0.3 is 14.9 Å². The summed E-state index contributed by atoms with van der Waals surface area (Å²) in [5, 5.41) is 21.0. The molecule has 0 aromatic heterocycles. The molecule has 4 amide bonds. The van der Waals surface area contributed by atoms with E-state index in [2.05, 4.69) is 5.32 Å². The zero-order chi connectivity index (χ0) is 21.3. The zero-order valence-corrected chi connectivity index (χ0v) is 17.0. The van der Waals surface area contributed by atoms with Crippen LogP contribution in [0.3, 0.4) is 0 Å². The first kappa shape index (κ1) is 20.3. The van der Waals surface area contributed by atoms with Gasteiger partial charge in [0.15, 0.2) is 11.5 Å². The predicted molar refractivity (Wildman–Crippen MR) is 110 cm³/mol. The summed E-state index contributed by atoms with van der Waals surface area (Å²) in [7, 11) is 1.36. The van der Waals surface area contributed by atoms with Crippen LogP contribution in [0.25, 0.3) is 6.08 Å². The Morgan fingerprint density at radius 3 is 2.41 bits per heavy atom. The molecule has 2 aromatic carbocycles. The van der Waals surface area contributed by atoms with Crippen LogP contribution in [0.5, 0.6) is 11.5 Å². The molecule has 1 aliphatic rings. The maximum Gasteiger partial charge on any atom is 0.335 e. The van der Waals surface area contributed by atoms with E-state index < -0.39 is 23.8 Å². The maximum atomic E-state index is 12.9. The van der Waals surface area contributed by atoms with Crippen molar-refractivity contribution in [3.63, 3.8) is 0 Å². The van der Waals surface area contributed by atoms with Crippen molar-refractivity contribution in [1.29, 1.82) is 0 Å². The molecule has 0 atom stereocenters. The minimum atomic E-state index is -1.15. The second-order valence-corrected chi connectivity index (χ2v) is 7.03. The fraction of sp³-hybridized carbons (Fsp3) is 0.0526. The maximum absolute atomic E-state index is 12.9. The molecule has 10 heteroatoms. The Kier molecular flexibility index (Phi) is 5.55. The molecular formula is C19H13IN2O7. The van der Waals surface area contributed by atoms with Crippen LogP contribution in [0.15, 0.2) is 42.0 Å². The van der Waals surface area contributed by atoms with Crippen molar-refractivity contribution in [2.75, 3.05) is 12.0 Å². The van der Waals surface area contributed by atoms with Crippen LogP contribution in [0.4, 0.5) is 10.5 Å². The van der Waals surface area contributed by atoms with Gasteiger partial charge in [-0.15, -0.1) is 0 Å². The highest BCUT2D eigenvalue weighted by Crippen LogP contribution is 2.33. The van der Waals surface area contributed by atoms with Gasteiger partial charge in [0.05, 0.1) is 21.9 Å². The number of nitrogens with one attached hydrogen (secondary N) is 1. The SMILES string of the molecule is COc1cc(/C=C2\C(=O)NC(=O)N(c3ccc(C(=O)O)cc3)C2=O)cc(I)c1O. The van der Waals surface area contributed by atoms with Gasteiger partial charge in [-0.2, -0.15) is 0 Å². The van der Waals surface area contributed by atoms with Crippen LogP contribution >= 0.6 is 22.6 Å². The van der Waals surface area contributed by atoms with Gasteiger partial charge in [0, 0.05) is 0 Å². The van der Waals surface area contributed by atoms with Gasteiger partial charge in [0.2, 0.25) is 0 Å². The van der Waals surface area contributed by atoms with Gasteiger partial charge in [-0.05, 0) is 70.6 Å². The molecule has 3 rings (SSSR count). The second kappa shape index (κ2) is 7.91. The van der Waals surface area contributed by atoms with Crippen LogP contribution in [-0.2, 0) is 9.59 Å². The molecule has 3 N–H and O–H groups in total. The van der Waals surface area contributed by atoms with Crippen molar-refractivity contribution in [1.82, 2.24) is 5.32 Å². The summed E-state index contributed by atoms with van der Waals surface area (Å²) < 4.78 is 5.50. The zero-order valence-electron chi connectivity index (χ0n) is 14.8. The van der Waals surface area contributed by atoms with Crippen LogP contribution in [-0.4, -0.2) is 41.1 Å². The van der Waals surface area contributed by atoms with E-state index in [0.717, 1.165) is 4.90 Å². The number of phenolic OH excluding ortho intramolecular Hbond substituents is 1. The highest BCUT2D eigenvalue weighted by Gasteiger charge is 2.36. The minimum Gasteiger partial charge on any atom is -0.504 e. The van der Waals surface area contributed by atoms with E-state index in [9.17, 15) is 24.3 Å². The number of ether oxygens (including phenoxy) is 1. The molecule has 9 nitrogen and oxygen atoms in total. The number of carbonyl (C=O) groups excluding carboxylic acids is 3. The number of aromatic carboxylic acids is 1. The lowest BCUT2D eigenvalue weighted by atomic mass is 10.1. The van der Waals surface area contributed by atoms with E-state index in [1.54, 1.807) is 0 Å². The van der Waals surface area contributed by atoms with Gasteiger partial charge in [-0.1, -0.05) is 0 Å². The average Bonchev–Trinajstić information content (AvgIpc) is 2.68. The Balaban J connectivity index is 2.02. The third-order valence-electron chi connectivity index (χ3n) is 4.06. The van der Waals surface area contributed by atoms with E-state index in [1.807, 2.05) is 22.6 Å². The number of hydrogen-bond acceptors (Lipinski definition) is 6. The van der Waals surface area contributed by atoms with Crippen molar-refractivity contribution < 1.29 is 34.1 Å². The number of phenols is 1. The number of amides is 4. The number of aromatic hydroxyl groups is 1. The smallest absolute Gasteiger partial charge is 0.335 e. The Morgan fingerprint density at radius 1 is 1.17 bits per heavy atom. The highest BCUT2D eigenvalue weighted by atomic mass is 127. The van der Waals surface area contributed by atoms with E-state index in [1.165, 1.54) is 49.6 Å². The number of anilines is 1. The number of carboxylic acids is 1. The van der Waals surface area contributed by atoms with E-state index in [0.29, 0.717) is 9.13 Å². The van der Waals surface area contributed by atoms with Gasteiger partial charge >= 0.3 is 12.0 Å². The van der Waals surface area contributed by atoms with Crippen LogP contribution in [0.1, 0.15) is 15.9 Å². The molecule has 0 unspecified atom stereocenters. The van der Waals surface area contributed by atoms with Gasteiger partial charge in [0.25, 0.3) is 11.8 Å².